The average molecular weight is 432 g/mol. The van der Waals surface area contributed by atoms with Crippen LogP contribution in [0, 0.1) is 5.82 Å². The van der Waals surface area contributed by atoms with E-state index < -0.39 is 11.0 Å². The van der Waals surface area contributed by atoms with E-state index >= 15 is 0 Å². The molecule has 32 heavy (non-hydrogen) atoms. The molecule has 2 aliphatic heterocycles. The molecule has 1 saturated heterocycles. The van der Waals surface area contributed by atoms with E-state index in [2.05, 4.69) is 22.5 Å². The molecule has 0 saturated carbocycles. The molecule has 3 heterocycles. The van der Waals surface area contributed by atoms with Gasteiger partial charge >= 0.3 is 0 Å². The molecule has 4 aliphatic rings. The van der Waals surface area contributed by atoms with Gasteiger partial charge in [-0.15, -0.1) is 6.58 Å². The standard InChI is InChI=1S/C26H25FN2O3/c1-3-9-29-10-8-25-21-14-4-7-19(31-2)23(21)32-24(25)22-17(13-26(25,30)20(29)11-14)16-12-15(27)5-6-18(16)28-22/h3-7,12,20,24,28,30H,1,8-11,13H2,2H3/t20-,24-,25-,26+/m0/s1. The number of aliphatic hydroxyl groups is 1. The van der Waals surface area contributed by atoms with E-state index in [9.17, 15) is 9.50 Å². The second kappa shape index (κ2) is 5.94. The number of piperidine rings is 1. The third-order valence-corrected chi connectivity index (χ3v) is 8.50. The van der Waals surface area contributed by atoms with Crippen molar-refractivity contribution in [2.75, 3.05) is 20.2 Å². The van der Waals surface area contributed by atoms with Gasteiger partial charge in [-0.1, -0.05) is 12.1 Å². The maximum Gasteiger partial charge on any atom is 0.166 e. The summed E-state index contributed by atoms with van der Waals surface area (Å²) in [5.41, 5.74) is 3.50. The van der Waals surface area contributed by atoms with Crippen molar-refractivity contribution in [3.05, 3.63) is 71.2 Å². The van der Waals surface area contributed by atoms with Crippen LogP contribution in [0.5, 0.6) is 11.5 Å². The molecule has 1 aromatic heterocycles. The Bertz CT molecular complexity index is 1320. The van der Waals surface area contributed by atoms with E-state index in [-0.39, 0.29) is 18.0 Å². The van der Waals surface area contributed by atoms with Gasteiger partial charge in [0.2, 0.25) is 0 Å². The molecule has 2 N–H and O–H groups in total. The van der Waals surface area contributed by atoms with Crippen LogP contribution in [-0.2, 0) is 18.3 Å². The summed E-state index contributed by atoms with van der Waals surface area (Å²) < 4.78 is 26.6. The highest BCUT2D eigenvalue weighted by atomic mass is 19.1. The number of benzene rings is 2. The summed E-state index contributed by atoms with van der Waals surface area (Å²) in [4.78, 5) is 5.88. The topological polar surface area (TPSA) is 57.7 Å². The molecule has 1 spiro atoms. The number of halogens is 1. The van der Waals surface area contributed by atoms with E-state index in [1.54, 1.807) is 19.2 Å². The minimum atomic E-state index is -1.04. The fraction of sp³-hybridized carbons (Fsp3) is 0.385. The fourth-order valence-corrected chi connectivity index (χ4v) is 7.28. The van der Waals surface area contributed by atoms with Crippen LogP contribution in [0.3, 0.4) is 0 Å². The Labute approximate surface area is 185 Å². The number of fused-ring (bicyclic) bond motifs is 4. The van der Waals surface area contributed by atoms with Crippen molar-refractivity contribution in [1.29, 1.82) is 0 Å². The molecule has 164 valence electrons. The smallest absolute Gasteiger partial charge is 0.166 e. The van der Waals surface area contributed by atoms with Gasteiger partial charge in [0.05, 0.1) is 23.8 Å². The van der Waals surface area contributed by atoms with Crippen LogP contribution >= 0.6 is 0 Å². The van der Waals surface area contributed by atoms with Crippen molar-refractivity contribution in [1.82, 2.24) is 9.88 Å². The zero-order chi connectivity index (χ0) is 21.8. The maximum atomic E-state index is 14.2. The third kappa shape index (κ3) is 1.93. The Balaban J connectivity index is 1.56. The van der Waals surface area contributed by atoms with Crippen molar-refractivity contribution in [3.63, 3.8) is 0 Å². The van der Waals surface area contributed by atoms with Gasteiger partial charge in [0.1, 0.15) is 5.82 Å². The second-order valence-corrected chi connectivity index (χ2v) is 9.66. The van der Waals surface area contributed by atoms with Gasteiger partial charge in [-0.2, -0.15) is 0 Å². The molecular formula is C26H25FN2O3. The molecule has 3 aromatic rings. The predicted octanol–water partition coefficient (Wildman–Crippen LogP) is 3.79. The van der Waals surface area contributed by atoms with Gasteiger partial charge in [0.25, 0.3) is 0 Å². The summed E-state index contributed by atoms with van der Waals surface area (Å²) in [5, 5.41) is 13.5. The summed E-state index contributed by atoms with van der Waals surface area (Å²) in [5.74, 6) is 1.18. The normalized spacial score (nSPS) is 31.7. The summed E-state index contributed by atoms with van der Waals surface area (Å²) in [6.07, 6.45) is 3.51. The Hall–Kier alpha value is -2.83. The van der Waals surface area contributed by atoms with Crippen molar-refractivity contribution in [3.8, 4) is 11.5 Å². The van der Waals surface area contributed by atoms with Crippen LogP contribution in [0.15, 0.2) is 43.0 Å². The Morgan fingerprint density at radius 3 is 3.06 bits per heavy atom. The molecule has 0 radical (unpaired) electrons. The number of aromatic amines is 1. The van der Waals surface area contributed by atoms with Crippen molar-refractivity contribution in [2.45, 2.75) is 42.4 Å². The predicted molar refractivity (Wildman–Crippen MR) is 119 cm³/mol. The average Bonchev–Trinajstić information content (AvgIpc) is 3.30. The SMILES string of the molecule is C=CCN1CC[C@]23c4c5ccc(OC)c4O[C@H]2c2[nH]c4ccc(F)cc4c2C[C@@]3(O)[C@@H]1C5. The van der Waals surface area contributed by atoms with Crippen LogP contribution in [0.1, 0.15) is 34.9 Å². The maximum absolute atomic E-state index is 14.2. The first-order valence-corrected chi connectivity index (χ1v) is 11.3. The number of rotatable bonds is 3. The number of H-pyrrole nitrogens is 1. The summed E-state index contributed by atoms with van der Waals surface area (Å²) >= 11 is 0. The lowest BCUT2D eigenvalue weighted by Gasteiger charge is -2.62. The molecule has 5 nitrogen and oxygen atoms in total. The van der Waals surface area contributed by atoms with Gasteiger partial charge in [-0.3, -0.25) is 4.90 Å². The summed E-state index contributed by atoms with van der Waals surface area (Å²) in [6, 6.07) is 8.85. The highest BCUT2D eigenvalue weighted by Gasteiger charge is 2.72. The molecule has 0 unspecified atom stereocenters. The van der Waals surface area contributed by atoms with Crippen molar-refractivity contribution in [2.24, 2.45) is 0 Å². The number of likely N-dealkylation sites (tertiary alicyclic amines) is 1. The van der Waals surface area contributed by atoms with E-state index in [1.807, 2.05) is 12.1 Å². The highest BCUT2D eigenvalue weighted by Crippen LogP contribution is 2.69. The lowest BCUT2D eigenvalue weighted by Crippen LogP contribution is -2.74. The molecule has 2 aromatic carbocycles. The number of hydrogen-bond acceptors (Lipinski definition) is 4. The van der Waals surface area contributed by atoms with Gasteiger partial charge < -0.3 is 19.6 Å². The van der Waals surface area contributed by atoms with Crippen LogP contribution in [0.2, 0.25) is 0 Å². The molecular weight excluding hydrogens is 407 g/mol. The molecule has 2 bridgehead atoms. The quantitative estimate of drug-likeness (QED) is 0.619. The summed E-state index contributed by atoms with van der Waals surface area (Å²) in [6.45, 7) is 5.53. The zero-order valence-corrected chi connectivity index (χ0v) is 18.0. The highest BCUT2D eigenvalue weighted by molar-refractivity contribution is 5.86. The van der Waals surface area contributed by atoms with Gasteiger partial charge in [0.15, 0.2) is 17.6 Å². The number of aromatic nitrogens is 1. The Morgan fingerprint density at radius 2 is 2.25 bits per heavy atom. The van der Waals surface area contributed by atoms with Gasteiger partial charge in [-0.05, 0) is 48.2 Å². The van der Waals surface area contributed by atoms with E-state index in [4.69, 9.17) is 9.47 Å². The third-order valence-electron chi connectivity index (χ3n) is 8.50. The second-order valence-electron chi connectivity index (χ2n) is 9.66. The minimum Gasteiger partial charge on any atom is -0.493 e. The number of hydrogen-bond donors (Lipinski definition) is 2. The van der Waals surface area contributed by atoms with Crippen LogP contribution in [0.25, 0.3) is 10.9 Å². The van der Waals surface area contributed by atoms with Crippen LogP contribution < -0.4 is 9.47 Å². The van der Waals surface area contributed by atoms with E-state index in [1.165, 1.54) is 11.6 Å². The molecule has 0 amide bonds. The van der Waals surface area contributed by atoms with Gasteiger partial charge in [-0.25, -0.2) is 4.39 Å². The largest absolute Gasteiger partial charge is 0.493 e. The number of nitrogens with zero attached hydrogens (tertiary/aromatic N) is 1. The molecule has 6 heteroatoms. The lowest BCUT2D eigenvalue weighted by atomic mass is 9.49. The monoisotopic (exact) mass is 432 g/mol. The number of ether oxygens (including phenoxy) is 2. The lowest BCUT2D eigenvalue weighted by molar-refractivity contribution is -0.170. The zero-order valence-electron chi connectivity index (χ0n) is 18.0. The van der Waals surface area contributed by atoms with E-state index in [0.29, 0.717) is 12.2 Å². The van der Waals surface area contributed by atoms with Crippen molar-refractivity contribution >= 4 is 10.9 Å². The van der Waals surface area contributed by atoms with Crippen molar-refractivity contribution < 1.29 is 19.0 Å². The molecule has 4 atom stereocenters. The molecule has 2 aliphatic carbocycles. The summed E-state index contributed by atoms with van der Waals surface area (Å²) in [7, 11) is 1.66. The van der Waals surface area contributed by atoms with E-state index in [0.717, 1.165) is 59.4 Å². The van der Waals surface area contributed by atoms with Gasteiger partial charge in [0, 0.05) is 42.0 Å². The first-order chi connectivity index (χ1) is 15.5. The molecule has 1 fully saturated rings. The first kappa shape index (κ1) is 18.7. The minimum absolute atomic E-state index is 0.0705. The van der Waals surface area contributed by atoms with Crippen LogP contribution in [-0.4, -0.2) is 46.8 Å². The Morgan fingerprint density at radius 1 is 1.38 bits per heavy atom. The molecule has 7 rings (SSSR count). The fourth-order valence-electron chi connectivity index (χ4n) is 7.28. The first-order valence-electron chi connectivity index (χ1n) is 11.3. The van der Waals surface area contributed by atoms with Crippen LogP contribution in [0.4, 0.5) is 4.39 Å². The number of methoxy groups -OCH3 is 1. The Kier molecular flexibility index (Phi) is 3.47. The number of nitrogens with one attached hydrogen (secondary N) is 1.